The lowest BCUT2D eigenvalue weighted by atomic mass is 10.1. The average Bonchev–Trinajstić information content (AvgIpc) is 2.54. The number of fused-ring (bicyclic) bond motifs is 2. The number of pyridine rings is 2. The number of anilines is 1. The van der Waals surface area contributed by atoms with Gasteiger partial charge in [-0.25, -0.2) is 4.68 Å². The van der Waals surface area contributed by atoms with Gasteiger partial charge in [0.15, 0.2) is 0 Å². The summed E-state index contributed by atoms with van der Waals surface area (Å²) in [5.41, 5.74) is 4.67. The molecule has 23 heavy (non-hydrogen) atoms. The third-order valence-corrected chi connectivity index (χ3v) is 4.53. The maximum absolute atomic E-state index is 11.8. The van der Waals surface area contributed by atoms with Gasteiger partial charge >= 0.3 is 0 Å². The van der Waals surface area contributed by atoms with E-state index < -0.39 is 0 Å². The van der Waals surface area contributed by atoms with E-state index in [1.807, 2.05) is 12.1 Å². The Bertz CT molecular complexity index is 968. The summed E-state index contributed by atoms with van der Waals surface area (Å²) in [5, 5.41) is 4.36. The van der Waals surface area contributed by atoms with Gasteiger partial charge in [0.25, 0.3) is 5.56 Å². The van der Waals surface area contributed by atoms with Crippen molar-refractivity contribution in [1.82, 2.24) is 19.7 Å². The summed E-state index contributed by atoms with van der Waals surface area (Å²) in [6.07, 6.45) is 4.39. The molecule has 1 aliphatic heterocycles. The first-order valence-corrected chi connectivity index (χ1v) is 8.12. The SMILES string of the molecule is Cn1nc2c(cc1=O)CN(c1ccnc3cc(Br)cnc13)CC2. The van der Waals surface area contributed by atoms with Crippen molar-refractivity contribution < 1.29 is 0 Å². The first-order valence-electron chi connectivity index (χ1n) is 7.33. The Kier molecular flexibility index (Phi) is 3.37. The molecule has 0 N–H and O–H groups in total. The predicted octanol–water partition coefficient (Wildman–Crippen LogP) is 2.05. The van der Waals surface area contributed by atoms with E-state index in [4.69, 9.17) is 0 Å². The second kappa shape index (κ2) is 5.42. The molecule has 0 unspecified atom stereocenters. The maximum atomic E-state index is 11.8. The van der Waals surface area contributed by atoms with E-state index in [0.29, 0.717) is 6.54 Å². The van der Waals surface area contributed by atoms with Crippen molar-refractivity contribution >= 4 is 32.7 Å². The van der Waals surface area contributed by atoms with Crippen LogP contribution in [0.25, 0.3) is 11.0 Å². The number of aryl methyl sites for hydroxylation is 1. The fourth-order valence-electron chi connectivity index (χ4n) is 2.95. The molecule has 1 aliphatic rings. The lowest BCUT2D eigenvalue weighted by Gasteiger charge is -2.30. The summed E-state index contributed by atoms with van der Waals surface area (Å²) in [4.78, 5) is 23.0. The smallest absolute Gasteiger partial charge is 0.266 e. The highest BCUT2D eigenvalue weighted by Gasteiger charge is 2.21. The van der Waals surface area contributed by atoms with Gasteiger partial charge in [0.05, 0.1) is 16.9 Å². The van der Waals surface area contributed by atoms with Crippen molar-refractivity contribution in [3.8, 4) is 0 Å². The molecule has 0 radical (unpaired) electrons. The molecule has 0 amide bonds. The molecule has 4 rings (SSSR count). The highest BCUT2D eigenvalue weighted by Crippen LogP contribution is 2.28. The highest BCUT2D eigenvalue weighted by atomic mass is 79.9. The summed E-state index contributed by atoms with van der Waals surface area (Å²) < 4.78 is 2.31. The van der Waals surface area contributed by atoms with Gasteiger partial charge < -0.3 is 4.90 Å². The van der Waals surface area contributed by atoms with E-state index in [0.717, 1.165) is 45.4 Å². The third-order valence-electron chi connectivity index (χ3n) is 4.10. The van der Waals surface area contributed by atoms with Crippen LogP contribution >= 0.6 is 15.9 Å². The fraction of sp³-hybridized carbons (Fsp3) is 0.250. The van der Waals surface area contributed by atoms with Crippen LogP contribution < -0.4 is 10.5 Å². The van der Waals surface area contributed by atoms with Crippen LogP contribution in [0.3, 0.4) is 0 Å². The van der Waals surface area contributed by atoms with E-state index in [2.05, 4.69) is 35.9 Å². The molecule has 3 aromatic heterocycles. The van der Waals surface area contributed by atoms with E-state index >= 15 is 0 Å². The zero-order chi connectivity index (χ0) is 16.0. The normalized spacial score (nSPS) is 14.1. The fourth-order valence-corrected chi connectivity index (χ4v) is 3.26. The van der Waals surface area contributed by atoms with Crippen molar-refractivity contribution in [3.63, 3.8) is 0 Å². The summed E-state index contributed by atoms with van der Waals surface area (Å²) in [7, 11) is 1.69. The minimum atomic E-state index is -0.0766. The first kappa shape index (κ1) is 14.3. The van der Waals surface area contributed by atoms with Gasteiger partial charge in [-0.05, 0) is 28.1 Å². The molecule has 4 heterocycles. The van der Waals surface area contributed by atoms with E-state index in [1.54, 1.807) is 25.5 Å². The van der Waals surface area contributed by atoms with Crippen LogP contribution in [0.15, 0.2) is 39.9 Å². The standard InChI is InChI=1S/C16H14BrN5O/c1-21-15(23)6-10-9-22(5-3-12(10)20-21)14-2-4-18-13-7-11(17)8-19-16(13)14/h2,4,6-8H,3,5,9H2,1H3. The van der Waals surface area contributed by atoms with Crippen LogP contribution in [0.5, 0.6) is 0 Å². The van der Waals surface area contributed by atoms with Crippen molar-refractivity contribution in [2.45, 2.75) is 13.0 Å². The zero-order valence-electron chi connectivity index (χ0n) is 12.5. The van der Waals surface area contributed by atoms with Gasteiger partial charge in [0, 0.05) is 55.1 Å². The van der Waals surface area contributed by atoms with Crippen LogP contribution in [-0.4, -0.2) is 26.3 Å². The Hall–Kier alpha value is -2.28. The average molecular weight is 372 g/mol. The zero-order valence-corrected chi connectivity index (χ0v) is 14.1. The van der Waals surface area contributed by atoms with Crippen LogP contribution in [0, 0.1) is 0 Å². The number of hydrogen-bond donors (Lipinski definition) is 0. The topological polar surface area (TPSA) is 63.9 Å². The number of halogens is 1. The molecule has 3 aromatic rings. The van der Waals surface area contributed by atoms with Gasteiger partial charge in [0.2, 0.25) is 0 Å². The Labute approximate surface area is 140 Å². The Morgan fingerprint density at radius 3 is 3.00 bits per heavy atom. The molecule has 0 fully saturated rings. The van der Waals surface area contributed by atoms with Crippen LogP contribution in [0.2, 0.25) is 0 Å². The molecular formula is C16H14BrN5O. The largest absolute Gasteiger partial charge is 0.365 e. The summed E-state index contributed by atoms with van der Waals surface area (Å²) in [6.45, 7) is 1.50. The maximum Gasteiger partial charge on any atom is 0.266 e. The Morgan fingerprint density at radius 1 is 1.26 bits per heavy atom. The molecular weight excluding hydrogens is 358 g/mol. The van der Waals surface area contributed by atoms with Gasteiger partial charge in [-0.15, -0.1) is 0 Å². The monoisotopic (exact) mass is 371 g/mol. The number of hydrogen-bond acceptors (Lipinski definition) is 5. The van der Waals surface area contributed by atoms with Crippen molar-refractivity contribution in [1.29, 1.82) is 0 Å². The lowest BCUT2D eigenvalue weighted by molar-refractivity contribution is 0.625. The first-order chi connectivity index (χ1) is 11.1. The van der Waals surface area contributed by atoms with E-state index in [-0.39, 0.29) is 5.56 Å². The quantitative estimate of drug-likeness (QED) is 0.654. The summed E-state index contributed by atoms with van der Waals surface area (Å²) in [6, 6.07) is 5.62. The third kappa shape index (κ3) is 2.50. The molecule has 0 aliphatic carbocycles. The Morgan fingerprint density at radius 2 is 2.13 bits per heavy atom. The van der Waals surface area contributed by atoms with Crippen LogP contribution in [0.1, 0.15) is 11.3 Å². The lowest BCUT2D eigenvalue weighted by Crippen LogP contribution is -2.34. The van der Waals surface area contributed by atoms with Crippen molar-refractivity contribution in [2.24, 2.45) is 7.05 Å². The minimum absolute atomic E-state index is 0.0766. The summed E-state index contributed by atoms with van der Waals surface area (Å²) >= 11 is 3.43. The molecule has 116 valence electrons. The Balaban J connectivity index is 1.78. The molecule has 0 atom stereocenters. The van der Waals surface area contributed by atoms with E-state index in [9.17, 15) is 4.79 Å². The van der Waals surface area contributed by atoms with E-state index in [1.165, 1.54) is 4.68 Å². The second-order valence-electron chi connectivity index (χ2n) is 5.60. The van der Waals surface area contributed by atoms with Gasteiger partial charge in [-0.3, -0.25) is 14.8 Å². The number of rotatable bonds is 1. The van der Waals surface area contributed by atoms with Gasteiger partial charge in [-0.2, -0.15) is 5.10 Å². The number of aromatic nitrogens is 4. The predicted molar refractivity (Wildman–Crippen MR) is 91.5 cm³/mol. The molecule has 0 bridgehead atoms. The second-order valence-corrected chi connectivity index (χ2v) is 6.52. The number of nitrogens with zero attached hydrogens (tertiary/aromatic N) is 5. The van der Waals surface area contributed by atoms with Crippen molar-refractivity contribution in [2.75, 3.05) is 11.4 Å². The van der Waals surface area contributed by atoms with Crippen LogP contribution in [0.4, 0.5) is 5.69 Å². The summed E-state index contributed by atoms with van der Waals surface area (Å²) in [5.74, 6) is 0. The van der Waals surface area contributed by atoms with Gasteiger partial charge in [-0.1, -0.05) is 0 Å². The molecule has 0 aromatic carbocycles. The van der Waals surface area contributed by atoms with Crippen LogP contribution in [-0.2, 0) is 20.0 Å². The molecule has 0 saturated heterocycles. The van der Waals surface area contributed by atoms with Crippen molar-refractivity contribution in [3.05, 3.63) is 56.7 Å². The van der Waals surface area contributed by atoms with Gasteiger partial charge in [0.1, 0.15) is 5.52 Å². The minimum Gasteiger partial charge on any atom is -0.365 e. The molecule has 0 saturated carbocycles. The molecule has 0 spiro atoms. The molecule has 6 nitrogen and oxygen atoms in total. The highest BCUT2D eigenvalue weighted by molar-refractivity contribution is 9.10. The molecule has 7 heteroatoms.